The van der Waals surface area contributed by atoms with E-state index in [1.54, 1.807) is 5.57 Å². The van der Waals surface area contributed by atoms with Crippen LogP contribution in [0, 0.1) is 11.8 Å². The summed E-state index contributed by atoms with van der Waals surface area (Å²) in [5, 5.41) is 0. The van der Waals surface area contributed by atoms with Crippen LogP contribution in [0.25, 0.3) is 6.08 Å². The van der Waals surface area contributed by atoms with Crippen molar-refractivity contribution in [2.45, 2.75) is 19.8 Å². The Labute approximate surface area is 117 Å². The van der Waals surface area contributed by atoms with E-state index in [0.717, 1.165) is 11.8 Å². The average molecular weight is 252 g/mol. The molecule has 2 bridgehead atoms. The van der Waals surface area contributed by atoms with E-state index in [1.165, 1.54) is 18.4 Å². The Morgan fingerprint density at radius 1 is 1.11 bits per heavy atom. The molecule has 2 atom stereocenters. The van der Waals surface area contributed by atoms with E-state index in [-0.39, 0.29) is 0 Å². The molecule has 0 nitrogen and oxygen atoms in total. The van der Waals surface area contributed by atoms with Crippen LogP contribution in [0.5, 0.6) is 0 Å². The third-order valence-corrected chi connectivity index (χ3v) is 3.55. The highest BCUT2D eigenvalue weighted by Gasteiger charge is 2.29. The second-order valence-corrected chi connectivity index (χ2v) is 4.67. The van der Waals surface area contributed by atoms with Gasteiger partial charge in [-0.3, -0.25) is 0 Å². The van der Waals surface area contributed by atoms with E-state index in [0.29, 0.717) is 0 Å². The molecule has 0 radical (unpaired) electrons. The molecule has 0 heteroatoms. The number of rotatable bonds is 1. The zero-order chi connectivity index (χ0) is 14.1. The quantitative estimate of drug-likeness (QED) is 0.566. The number of fused-ring (bicyclic) bond motifs is 2. The molecule has 2 aliphatic carbocycles. The van der Waals surface area contributed by atoms with Gasteiger partial charge in [-0.25, -0.2) is 0 Å². The highest BCUT2D eigenvalue weighted by atomic mass is 14.3. The van der Waals surface area contributed by atoms with Gasteiger partial charge in [-0.1, -0.05) is 66.8 Å². The summed E-state index contributed by atoms with van der Waals surface area (Å²) in [7, 11) is 0. The lowest BCUT2D eigenvalue weighted by atomic mass is 10.0. The highest BCUT2D eigenvalue weighted by Crippen LogP contribution is 2.42. The SMILES string of the molecule is C=C.C=Cc1ccccc1.CC=C1CC2C=CC1C2. The molecule has 2 unspecified atom stereocenters. The van der Waals surface area contributed by atoms with E-state index in [2.05, 4.69) is 44.9 Å². The van der Waals surface area contributed by atoms with Crippen molar-refractivity contribution < 1.29 is 0 Å². The first-order chi connectivity index (χ1) is 9.33. The third-order valence-electron chi connectivity index (χ3n) is 3.55. The Hall–Kier alpha value is -1.82. The maximum atomic E-state index is 3.63. The lowest BCUT2D eigenvalue weighted by Crippen LogP contribution is -1.90. The van der Waals surface area contributed by atoms with Crippen molar-refractivity contribution in [3.63, 3.8) is 0 Å². The zero-order valence-corrected chi connectivity index (χ0v) is 11.9. The van der Waals surface area contributed by atoms with Crippen molar-refractivity contribution in [3.8, 4) is 0 Å². The zero-order valence-electron chi connectivity index (χ0n) is 11.9. The van der Waals surface area contributed by atoms with Crippen LogP contribution in [-0.2, 0) is 0 Å². The fourth-order valence-electron chi connectivity index (χ4n) is 2.58. The fourth-order valence-corrected chi connectivity index (χ4v) is 2.58. The lowest BCUT2D eigenvalue weighted by molar-refractivity contribution is 0.693. The van der Waals surface area contributed by atoms with Gasteiger partial charge in [0.15, 0.2) is 0 Å². The number of hydrogen-bond donors (Lipinski definition) is 0. The van der Waals surface area contributed by atoms with Crippen LogP contribution in [0.1, 0.15) is 25.3 Å². The van der Waals surface area contributed by atoms with Crippen LogP contribution in [-0.4, -0.2) is 0 Å². The second-order valence-electron chi connectivity index (χ2n) is 4.67. The highest BCUT2D eigenvalue weighted by molar-refractivity contribution is 5.45. The van der Waals surface area contributed by atoms with Gasteiger partial charge in [0, 0.05) is 0 Å². The van der Waals surface area contributed by atoms with Crippen molar-refractivity contribution in [2.75, 3.05) is 0 Å². The van der Waals surface area contributed by atoms with Crippen LogP contribution in [0.3, 0.4) is 0 Å². The minimum atomic E-state index is 0.833. The molecule has 0 amide bonds. The fraction of sp³-hybridized carbons (Fsp3) is 0.263. The minimum absolute atomic E-state index is 0.833. The van der Waals surface area contributed by atoms with Gasteiger partial charge in [0.1, 0.15) is 0 Å². The molecule has 0 heterocycles. The Balaban J connectivity index is 0.000000170. The van der Waals surface area contributed by atoms with Crippen LogP contribution in [0.2, 0.25) is 0 Å². The molecule has 0 spiro atoms. The molecule has 0 aliphatic heterocycles. The Bertz CT molecular complexity index is 436. The molecular formula is C19H24. The van der Waals surface area contributed by atoms with Crippen molar-refractivity contribution in [3.05, 3.63) is 79.4 Å². The van der Waals surface area contributed by atoms with Gasteiger partial charge < -0.3 is 0 Å². The largest absolute Gasteiger partial charge is 0.106 e. The molecule has 1 aromatic rings. The molecule has 1 fully saturated rings. The molecule has 0 saturated heterocycles. The first kappa shape index (κ1) is 15.2. The normalized spacial score (nSPS) is 24.2. The summed E-state index contributed by atoms with van der Waals surface area (Å²) in [6.07, 6.45) is 11.6. The van der Waals surface area contributed by atoms with Crippen LogP contribution >= 0.6 is 0 Å². The van der Waals surface area contributed by atoms with E-state index >= 15 is 0 Å². The predicted molar refractivity (Wildman–Crippen MR) is 86.9 cm³/mol. The van der Waals surface area contributed by atoms with Crippen LogP contribution < -0.4 is 0 Å². The Morgan fingerprint density at radius 3 is 2.11 bits per heavy atom. The van der Waals surface area contributed by atoms with E-state index in [1.807, 2.05) is 36.4 Å². The Morgan fingerprint density at radius 2 is 1.79 bits per heavy atom. The second kappa shape index (κ2) is 8.31. The molecule has 0 aromatic heterocycles. The van der Waals surface area contributed by atoms with Crippen molar-refractivity contribution >= 4 is 6.08 Å². The summed E-state index contributed by atoms with van der Waals surface area (Å²) >= 11 is 0. The van der Waals surface area contributed by atoms with Crippen LogP contribution in [0.4, 0.5) is 0 Å². The van der Waals surface area contributed by atoms with Crippen molar-refractivity contribution in [1.82, 2.24) is 0 Å². The van der Waals surface area contributed by atoms with Crippen LogP contribution in [0.15, 0.2) is 73.9 Å². The monoisotopic (exact) mass is 252 g/mol. The van der Waals surface area contributed by atoms with Crippen molar-refractivity contribution in [1.29, 1.82) is 0 Å². The summed E-state index contributed by atoms with van der Waals surface area (Å²) in [5.41, 5.74) is 2.84. The van der Waals surface area contributed by atoms with Gasteiger partial charge in [-0.2, -0.15) is 0 Å². The van der Waals surface area contributed by atoms with Gasteiger partial charge in [0.05, 0.1) is 0 Å². The van der Waals surface area contributed by atoms with Crippen molar-refractivity contribution in [2.24, 2.45) is 11.8 Å². The number of benzene rings is 1. The molecular weight excluding hydrogens is 228 g/mol. The van der Waals surface area contributed by atoms with Gasteiger partial charge >= 0.3 is 0 Å². The van der Waals surface area contributed by atoms with E-state index in [9.17, 15) is 0 Å². The molecule has 19 heavy (non-hydrogen) atoms. The molecule has 3 rings (SSSR count). The smallest absolute Gasteiger partial charge is 0.00174 e. The third kappa shape index (κ3) is 4.40. The predicted octanol–water partition coefficient (Wildman–Crippen LogP) is 5.66. The minimum Gasteiger partial charge on any atom is -0.106 e. The molecule has 100 valence electrons. The summed E-state index contributed by atoms with van der Waals surface area (Å²) in [6.45, 7) is 11.8. The maximum Gasteiger partial charge on any atom is -0.00174 e. The van der Waals surface area contributed by atoms with Gasteiger partial charge in [-0.05, 0) is 37.2 Å². The lowest BCUT2D eigenvalue weighted by Gasteiger charge is -2.05. The Kier molecular flexibility index (Phi) is 6.67. The molecule has 0 N–H and O–H groups in total. The first-order valence-corrected chi connectivity index (χ1v) is 6.84. The topological polar surface area (TPSA) is 0 Å². The maximum absolute atomic E-state index is 3.63. The summed E-state index contributed by atoms with van der Waals surface area (Å²) in [5.74, 6) is 1.74. The van der Waals surface area contributed by atoms with E-state index in [4.69, 9.17) is 0 Å². The standard InChI is InChI=1S/C9H12.C8H8.C2H4/c1-2-8-5-7-3-4-9(8)6-7;1-2-8-6-4-3-5-7-8;1-2/h2-4,7,9H,5-6H2,1H3;2-7H,1H2;1-2H2. The van der Waals surface area contributed by atoms with Gasteiger partial charge in [-0.15, -0.1) is 13.2 Å². The van der Waals surface area contributed by atoms with Gasteiger partial charge in [0.25, 0.3) is 0 Å². The summed E-state index contributed by atoms with van der Waals surface area (Å²) < 4.78 is 0. The number of allylic oxidation sites excluding steroid dienone is 4. The molecule has 1 aromatic carbocycles. The number of hydrogen-bond acceptors (Lipinski definition) is 0. The summed E-state index contributed by atoms with van der Waals surface area (Å²) in [4.78, 5) is 0. The molecule has 1 saturated carbocycles. The van der Waals surface area contributed by atoms with Gasteiger partial charge in [0.2, 0.25) is 0 Å². The molecule has 2 aliphatic rings. The average Bonchev–Trinajstić information content (AvgIpc) is 3.13. The van der Waals surface area contributed by atoms with E-state index < -0.39 is 0 Å². The summed E-state index contributed by atoms with van der Waals surface area (Å²) in [6, 6.07) is 10.0. The first-order valence-electron chi connectivity index (χ1n) is 6.84.